The molecule has 0 bridgehead atoms. The normalized spacial score (nSPS) is 13.3. The van der Waals surface area contributed by atoms with Crippen LogP contribution in [0.15, 0.2) is 54.6 Å². The molecule has 1 N–H and O–H groups in total. The molecule has 1 aliphatic heterocycles. The van der Waals surface area contributed by atoms with Crippen LogP contribution in [-0.2, 0) is 4.74 Å². The summed E-state index contributed by atoms with van der Waals surface area (Å²) in [5.41, 5.74) is 3.79. The zero-order valence-electron chi connectivity index (χ0n) is 14.8. The Kier molecular flexibility index (Phi) is 4.79. The Bertz CT molecular complexity index is 789. The van der Waals surface area contributed by atoms with Crippen LogP contribution in [0, 0.1) is 0 Å². The van der Waals surface area contributed by atoms with E-state index in [-0.39, 0.29) is 0 Å². The minimum absolute atomic E-state index is 0.413. The molecule has 2 aromatic carbocycles. The highest BCUT2D eigenvalue weighted by Gasteiger charge is 2.18. The van der Waals surface area contributed by atoms with Crippen molar-refractivity contribution in [2.45, 2.75) is 26.4 Å². The maximum Gasteiger partial charge on any atom is 0.407 e. The summed E-state index contributed by atoms with van der Waals surface area (Å²) in [6.45, 7) is 6.45. The smallest absolute Gasteiger partial charge is 0.407 e. The number of carbonyl (C=O) groups excluding carboxylic acids is 1. The Balaban J connectivity index is 1.73. The summed E-state index contributed by atoms with van der Waals surface area (Å²) in [5, 5.41) is 2.81. The largest absolute Gasteiger partial charge is 0.489 e. The third-order valence-electron chi connectivity index (χ3n) is 3.83. The monoisotopic (exact) mass is 337 g/mol. The van der Waals surface area contributed by atoms with Gasteiger partial charge in [0.2, 0.25) is 0 Å². The zero-order valence-corrected chi connectivity index (χ0v) is 14.8. The quantitative estimate of drug-likeness (QED) is 0.886. The summed E-state index contributed by atoms with van der Waals surface area (Å²) in [4.78, 5) is 11.9. The SMILES string of the molecule is CC(C)(C)OC(=O)NCC1=CCOc2cc(-c3ccccc3)ccc21. The lowest BCUT2D eigenvalue weighted by Gasteiger charge is -2.22. The lowest BCUT2D eigenvalue weighted by molar-refractivity contribution is 0.0535. The van der Waals surface area contributed by atoms with E-state index in [0.29, 0.717) is 13.2 Å². The summed E-state index contributed by atoms with van der Waals surface area (Å²) in [5.74, 6) is 0.838. The highest BCUT2D eigenvalue weighted by atomic mass is 16.6. The minimum Gasteiger partial charge on any atom is -0.489 e. The average Bonchev–Trinajstić information content (AvgIpc) is 2.58. The highest BCUT2D eigenvalue weighted by molar-refractivity contribution is 5.79. The number of hydrogen-bond donors (Lipinski definition) is 1. The summed E-state index contributed by atoms with van der Waals surface area (Å²) < 4.78 is 11.1. The van der Waals surface area contributed by atoms with E-state index >= 15 is 0 Å². The molecule has 0 atom stereocenters. The van der Waals surface area contributed by atoms with Gasteiger partial charge in [-0.25, -0.2) is 4.79 Å². The third-order valence-corrected chi connectivity index (χ3v) is 3.83. The lowest BCUT2D eigenvalue weighted by Crippen LogP contribution is -2.33. The standard InChI is InChI=1S/C21H23NO3/c1-21(2,3)25-20(23)22-14-17-11-12-24-19-13-16(9-10-18(17)19)15-7-5-4-6-8-15/h4-11,13H,12,14H2,1-3H3,(H,22,23). The molecule has 4 nitrogen and oxygen atoms in total. The molecular weight excluding hydrogens is 314 g/mol. The van der Waals surface area contributed by atoms with Crippen LogP contribution in [0.1, 0.15) is 26.3 Å². The number of nitrogens with one attached hydrogen (secondary N) is 1. The molecule has 0 aromatic heterocycles. The second kappa shape index (κ2) is 7.01. The fraction of sp³-hybridized carbons (Fsp3) is 0.286. The molecule has 2 aromatic rings. The van der Waals surface area contributed by atoms with E-state index in [1.54, 1.807) is 0 Å². The van der Waals surface area contributed by atoms with Crippen LogP contribution >= 0.6 is 0 Å². The number of ether oxygens (including phenoxy) is 2. The van der Waals surface area contributed by atoms with E-state index in [0.717, 1.165) is 28.0 Å². The van der Waals surface area contributed by atoms with Crippen molar-refractivity contribution in [3.05, 3.63) is 60.2 Å². The van der Waals surface area contributed by atoms with Crippen molar-refractivity contribution in [2.24, 2.45) is 0 Å². The number of hydrogen-bond acceptors (Lipinski definition) is 3. The Morgan fingerprint density at radius 1 is 1.12 bits per heavy atom. The first-order chi connectivity index (χ1) is 11.9. The predicted molar refractivity (Wildman–Crippen MR) is 99.6 cm³/mol. The van der Waals surface area contributed by atoms with Crippen molar-refractivity contribution < 1.29 is 14.3 Å². The van der Waals surface area contributed by atoms with E-state index in [1.807, 2.05) is 57.2 Å². The van der Waals surface area contributed by atoms with Crippen molar-refractivity contribution in [1.82, 2.24) is 5.32 Å². The third kappa shape index (κ3) is 4.41. The van der Waals surface area contributed by atoms with Gasteiger partial charge < -0.3 is 14.8 Å². The molecular formula is C21H23NO3. The van der Waals surface area contributed by atoms with Gasteiger partial charge in [-0.1, -0.05) is 42.5 Å². The molecule has 1 heterocycles. The van der Waals surface area contributed by atoms with Gasteiger partial charge in [-0.15, -0.1) is 0 Å². The van der Waals surface area contributed by atoms with Crippen LogP contribution in [-0.4, -0.2) is 24.8 Å². The van der Waals surface area contributed by atoms with E-state index in [1.165, 1.54) is 0 Å². The van der Waals surface area contributed by atoms with E-state index in [4.69, 9.17) is 9.47 Å². The van der Waals surface area contributed by atoms with Crippen molar-refractivity contribution in [1.29, 1.82) is 0 Å². The first-order valence-corrected chi connectivity index (χ1v) is 8.41. The molecule has 1 aliphatic rings. The van der Waals surface area contributed by atoms with Gasteiger partial charge in [0.1, 0.15) is 18.0 Å². The van der Waals surface area contributed by atoms with E-state index in [2.05, 4.69) is 23.5 Å². The maximum absolute atomic E-state index is 11.9. The molecule has 0 fully saturated rings. The summed E-state index contributed by atoms with van der Waals surface area (Å²) in [6.07, 6.45) is 1.57. The molecule has 1 amide bonds. The maximum atomic E-state index is 11.9. The van der Waals surface area contributed by atoms with E-state index in [9.17, 15) is 4.79 Å². The van der Waals surface area contributed by atoms with Gasteiger partial charge in [0, 0.05) is 12.1 Å². The number of rotatable bonds is 3. The van der Waals surface area contributed by atoms with Gasteiger partial charge in [0.05, 0.1) is 0 Å². The number of fused-ring (bicyclic) bond motifs is 1. The number of alkyl carbamates (subject to hydrolysis) is 1. The fourth-order valence-electron chi connectivity index (χ4n) is 2.71. The highest BCUT2D eigenvalue weighted by Crippen LogP contribution is 2.33. The first kappa shape index (κ1) is 17.1. The molecule has 0 aliphatic carbocycles. The van der Waals surface area contributed by atoms with Crippen LogP contribution in [0.4, 0.5) is 4.79 Å². The van der Waals surface area contributed by atoms with Gasteiger partial charge in [-0.05, 0) is 49.6 Å². The van der Waals surface area contributed by atoms with Crippen LogP contribution in [0.5, 0.6) is 5.75 Å². The van der Waals surface area contributed by atoms with Gasteiger partial charge in [0.15, 0.2) is 0 Å². The Hall–Kier alpha value is -2.75. The van der Waals surface area contributed by atoms with Gasteiger partial charge in [-0.3, -0.25) is 0 Å². The molecule has 0 saturated heterocycles. The van der Waals surface area contributed by atoms with Gasteiger partial charge >= 0.3 is 6.09 Å². The first-order valence-electron chi connectivity index (χ1n) is 8.41. The topological polar surface area (TPSA) is 47.6 Å². The summed E-state index contributed by atoms with van der Waals surface area (Å²) in [7, 11) is 0. The second-order valence-electron chi connectivity index (χ2n) is 6.97. The van der Waals surface area contributed by atoms with E-state index < -0.39 is 11.7 Å². The van der Waals surface area contributed by atoms with Gasteiger partial charge in [-0.2, -0.15) is 0 Å². The molecule has 3 rings (SSSR count). The minimum atomic E-state index is -0.503. The van der Waals surface area contributed by atoms with Crippen LogP contribution in [0.3, 0.4) is 0 Å². The van der Waals surface area contributed by atoms with Crippen LogP contribution in [0.25, 0.3) is 16.7 Å². The molecule has 130 valence electrons. The molecule has 0 spiro atoms. The van der Waals surface area contributed by atoms with Crippen molar-refractivity contribution >= 4 is 11.7 Å². The number of carbonyl (C=O) groups is 1. The van der Waals surface area contributed by atoms with Crippen molar-refractivity contribution in [2.75, 3.05) is 13.2 Å². The number of amides is 1. The second-order valence-corrected chi connectivity index (χ2v) is 6.97. The zero-order chi connectivity index (χ0) is 17.9. The lowest BCUT2D eigenvalue weighted by atomic mass is 9.97. The molecule has 0 unspecified atom stereocenters. The van der Waals surface area contributed by atoms with Crippen LogP contribution < -0.4 is 10.1 Å². The predicted octanol–water partition coefficient (Wildman–Crippen LogP) is 4.65. The Morgan fingerprint density at radius 2 is 1.88 bits per heavy atom. The number of benzene rings is 2. The summed E-state index contributed by atoms with van der Waals surface area (Å²) in [6, 6.07) is 16.4. The molecule has 25 heavy (non-hydrogen) atoms. The Morgan fingerprint density at radius 3 is 2.60 bits per heavy atom. The summed E-state index contributed by atoms with van der Waals surface area (Å²) >= 11 is 0. The van der Waals surface area contributed by atoms with Crippen LogP contribution in [0.2, 0.25) is 0 Å². The average molecular weight is 337 g/mol. The van der Waals surface area contributed by atoms with Crippen molar-refractivity contribution in [3.63, 3.8) is 0 Å². The molecule has 0 radical (unpaired) electrons. The molecule has 4 heteroatoms. The molecule has 0 saturated carbocycles. The Labute approximate surface area is 148 Å². The van der Waals surface area contributed by atoms with Crippen molar-refractivity contribution in [3.8, 4) is 16.9 Å². The fourth-order valence-corrected chi connectivity index (χ4v) is 2.71. The van der Waals surface area contributed by atoms with Gasteiger partial charge in [0.25, 0.3) is 0 Å².